The third kappa shape index (κ3) is 2.32. The molecular formula is C15H11N5O. The number of nitrogens with one attached hydrogen (secondary N) is 1. The minimum atomic E-state index is -0.209. The molecule has 21 heavy (non-hydrogen) atoms. The zero-order valence-corrected chi connectivity index (χ0v) is 11.2. The highest BCUT2D eigenvalue weighted by atomic mass is 16.1. The number of nitrogens with zero attached hydrogens (tertiary/aromatic N) is 4. The summed E-state index contributed by atoms with van der Waals surface area (Å²) in [4.78, 5) is 20.6. The first-order valence-electron chi connectivity index (χ1n) is 6.29. The molecule has 0 aromatic carbocycles. The normalized spacial score (nSPS) is 10.3. The summed E-state index contributed by atoms with van der Waals surface area (Å²) in [7, 11) is 0. The monoisotopic (exact) mass is 277 g/mol. The van der Waals surface area contributed by atoms with Crippen LogP contribution < -0.4 is 5.56 Å². The first-order valence-corrected chi connectivity index (χ1v) is 6.29. The van der Waals surface area contributed by atoms with Gasteiger partial charge < -0.3 is 0 Å². The highest BCUT2D eigenvalue weighted by molar-refractivity contribution is 5.61. The molecule has 0 aliphatic heterocycles. The fraction of sp³-hybridized carbons (Fsp3) is 0.0667. The number of H-pyrrole nitrogens is 1. The van der Waals surface area contributed by atoms with Gasteiger partial charge in [0.25, 0.3) is 5.56 Å². The van der Waals surface area contributed by atoms with Gasteiger partial charge in [0.05, 0.1) is 5.56 Å². The Morgan fingerprint density at radius 2 is 2.14 bits per heavy atom. The minimum absolute atomic E-state index is 0.209. The maximum absolute atomic E-state index is 12.4. The van der Waals surface area contributed by atoms with Gasteiger partial charge in [0.2, 0.25) is 0 Å². The predicted molar refractivity (Wildman–Crippen MR) is 76.9 cm³/mol. The molecule has 0 aliphatic carbocycles. The minimum Gasteiger partial charge on any atom is -0.296 e. The molecule has 3 aromatic heterocycles. The van der Waals surface area contributed by atoms with Gasteiger partial charge in [-0.15, -0.1) is 0 Å². The summed E-state index contributed by atoms with van der Waals surface area (Å²) < 4.78 is 1.38. The van der Waals surface area contributed by atoms with Crippen LogP contribution in [0, 0.1) is 18.3 Å². The fourth-order valence-corrected chi connectivity index (χ4v) is 2.01. The van der Waals surface area contributed by atoms with Gasteiger partial charge in [0.15, 0.2) is 5.82 Å². The van der Waals surface area contributed by atoms with Gasteiger partial charge >= 0.3 is 0 Å². The van der Waals surface area contributed by atoms with Crippen molar-refractivity contribution in [2.24, 2.45) is 0 Å². The number of aryl methyl sites for hydroxylation is 1. The number of aromatic nitrogens is 4. The molecule has 0 spiro atoms. The van der Waals surface area contributed by atoms with Crippen LogP contribution in [-0.2, 0) is 0 Å². The summed E-state index contributed by atoms with van der Waals surface area (Å²) in [6, 6.07) is 8.91. The maximum atomic E-state index is 12.4. The van der Waals surface area contributed by atoms with Crippen molar-refractivity contribution in [3.63, 3.8) is 0 Å². The van der Waals surface area contributed by atoms with Crippen LogP contribution in [-0.4, -0.2) is 19.7 Å². The van der Waals surface area contributed by atoms with Crippen LogP contribution in [0.5, 0.6) is 0 Å². The molecule has 0 radical (unpaired) electrons. The van der Waals surface area contributed by atoms with E-state index in [1.165, 1.54) is 10.9 Å². The van der Waals surface area contributed by atoms with E-state index in [1.807, 2.05) is 25.1 Å². The molecule has 3 aromatic rings. The van der Waals surface area contributed by atoms with Crippen molar-refractivity contribution in [3.8, 4) is 23.0 Å². The van der Waals surface area contributed by atoms with Crippen LogP contribution in [0.25, 0.3) is 16.9 Å². The number of nitriles is 1. The van der Waals surface area contributed by atoms with Crippen molar-refractivity contribution in [1.82, 2.24) is 19.7 Å². The van der Waals surface area contributed by atoms with Gasteiger partial charge in [0.1, 0.15) is 11.8 Å². The van der Waals surface area contributed by atoms with Gasteiger partial charge in [-0.25, -0.2) is 14.6 Å². The number of hydrogen-bond acceptors (Lipinski definition) is 4. The predicted octanol–water partition coefficient (Wildman–Crippen LogP) is 1.80. The first kappa shape index (κ1) is 12.8. The van der Waals surface area contributed by atoms with E-state index in [0.717, 1.165) is 5.56 Å². The van der Waals surface area contributed by atoms with Gasteiger partial charge in [-0.2, -0.15) is 5.26 Å². The molecule has 0 unspecified atom stereocenters. The molecule has 6 nitrogen and oxygen atoms in total. The van der Waals surface area contributed by atoms with E-state index in [0.29, 0.717) is 22.6 Å². The van der Waals surface area contributed by atoms with Crippen LogP contribution in [0.1, 0.15) is 11.3 Å². The number of hydrogen-bond donors (Lipinski definition) is 1. The SMILES string of the molecule is Cc1ccnc(-n2[nH]cc(-c3ccc(C#N)nc3)c2=O)c1. The molecule has 0 fully saturated rings. The van der Waals surface area contributed by atoms with Crippen LogP contribution in [0.2, 0.25) is 0 Å². The average molecular weight is 277 g/mol. The van der Waals surface area contributed by atoms with Crippen LogP contribution >= 0.6 is 0 Å². The summed E-state index contributed by atoms with van der Waals surface area (Å²) in [5.74, 6) is 0.535. The molecule has 0 aliphatic rings. The fourth-order valence-electron chi connectivity index (χ4n) is 2.01. The second kappa shape index (κ2) is 5.06. The van der Waals surface area contributed by atoms with Crippen LogP contribution in [0.15, 0.2) is 47.7 Å². The van der Waals surface area contributed by atoms with Crippen molar-refractivity contribution in [2.75, 3.05) is 0 Å². The second-order valence-corrected chi connectivity index (χ2v) is 4.56. The van der Waals surface area contributed by atoms with Crippen molar-refractivity contribution in [3.05, 3.63) is 64.5 Å². The Balaban J connectivity index is 2.07. The summed E-state index contributed by atoms with van der Waals surface area (Å²) in [5.41, 5.74) is 2.26. The summed E-state index contributed by atoms with van der Waals surface area (Å²) in [6.45, 7) is 1.94. The van der Waals surface area contributed by atoms with E-state index in [-0.39, 0.29) is 5.56 Å². The lowest BCUT2D eigenvalue weighted by Crippen LogP contribution is -2.17. The van der Waals surface area contributed by atoms with Crippen molar-refractivity contribution < 1.29 is 0 Å². The number of rotatable bonds is 2. The van der Waals surface area contributed by atoms with Crippen LogP contribution in [0.3, 0.4) is 0 Å². The zero-order chi connectivity index (χ0) is 14.8. The number of pyridine rings is 2. The molecule has 0 bridgehead atoms. The third-order valence-electron chi connectivity index (χ3n) is 3.09. The Morgan fingerprint density at radius 3 is 2.81 bits per heavy atom. The molecule has 3 heterocycles. The van der Waals surface area contributed by atoms with Gasteiger partial charge in [-0.3, -0.25) is 9.89 Å². The molecule has 0 saturated heterocycles. The Morgan fingerprint density at radius 1 is 1.29 bits per heavy atom. The van der Waals surface area contributed by atoms with Crippen molar-refractivity contribution in [2.45, 2.75) is 6.92 Å². The molecule has 102 valence electrons. The quantitative estimate of drug-likeness (QED) is 0.773. The molecule has 3 rings (SSSR count). The summed E-state index contributed by atoms with van der Waals surface area (Å²) >= 11 is 0. The lowest BCUT2D eigenvalue weighted by molar-refractivity contribution is 0.817. The van der Waals surface area contributed by atoms with E-state index < -0.39 is 0 Å². The lowest BCUT2D eigenvalue weighted by Gasteiger charge is -2.00. The summed E-state index contributed by atoms with van der Waals surface area (Å²) in [6.07, 6.45) is 4.77. The Labute approximate surface area is 120 Å². The Kier molecular flexibility index (Phi) is 3.09. The van der Waals surface area contributed by atoms with E-state index in [2.05, 4.69) is 15.1 Å². The van der Waals surface area contributed by atoms with E-state index in [9.17, 15) is 4.79 Å². The van der Waals surface area contributed by atoms with E-state index in [4.69, 9.17) is 5.26 Å². The highest BCUT2D eigenvalue weighted by Crippen LogP contribution is 2.14. The van der Waals surface area contributed by atoms with Gasteiger partial charge in [-0.05, 0) is 36.8 Å². The van der Waals surface area contributed by atoms with Crippen molar-refractivity contribution in [1.29, 1.82) is 5.26 Å². The van der Waals surface area contributed by atoms with Gasteiger partial charge in [-0.1, -0.05) is 0 Å². The Bertz CT molecular complexity index is 883. The standard InChI is InChI=1S/C15H11N5O/c1-10-4-5-17-14(6-10)20-15(21)13(9-19-20)11-2-3-12(7-16)18-8-11/h2-6,8-9,19H,1H3. The molecule has 1 N–H and O–H groups in total. The lowest BCUT2D eigenvalue weighted by atomic mass is 10.1. The molecular weight excluding hydrogens is 266 g/mol. The molecule has 0 saturated carbocycles. The van der Waals surface area contributed by atoms with Crippen molar-refractivity contribution >= 4 is 0 Å². The first-order chi connectivity index (χ1) is 10.2. The second-order valence-electron chi connectivity index (χ2n) is 4.56. The third-order valence-corrected chi connectivity index (χ3v) is 3.09. The topological polar surface area (TPSA) is 87.4 Å². The highest BCUT2D eigenvalue weighted by Gasteiger charge is 2.11. The summed E-state index contributed by atoms with van der Waals surface area (Å²) in [5, 5.41) is 11.6. The largest absolute Gasteiger partial charge is 0.296 e. The van der Waals surface area contributed by atoms with Crippen LogP contribution in [0.4, 0.5) is 0 Å². The molecule has 6 heteroatoms. The molecule has 0 amide bonds. The van der Waals surface area contributed by atoms with Gasteiger partial charge in [0, 0.05) is 24.2 Å². The van der Waals surface area contributed by atoms with E-state index >= 15 is 0 Å². The smallest absolute Gasteiger partial charge is 0.280 e. The van der Waals surface area contributed by atoms with E-state index in [1.54, 1.807) is 24.5 Å². The zero-order valence-electron chi connectivity index (χ0n) is 11.2. The molecule has 0 atom stereocenters. The average Bonchev–Trinajstić information content (AvgIpc) is 2.89. The maximum Gasteiger partial charge on any atom is 0.280 e. The Hall–Kier alpha value is -3.20. The number of aromatic amines is 1.